The van der Waals surface area contributed by atoms with Crippen molar-refractivity contribution in [3.05, 3.63) is 29.8 Å². The molecule has 2 rings (SSSR count). The molecule has 1 atom stereocenters. The fraction of sp³-hybridized carbons (Fsp3) is 0.611. The second kappa shape index (κ2) is 8.18. The van der Waals surface area contributed by atoms with Gasteiger partial charge in [-0.05, 0) is 44.4 Å². The molecule has 4 nitrogen and oxygen atoms in total. The minimum absolute atomic E-state index is 0.283. The first-order valence-corrected chi connectivity index (χ1v) is 8.17. The molecule has 1 saturated heterocycles. The van der Waals surface area contributed by atoms with E-state index in [9.17, 15) is 4.79 Å². The van der Waals surface area contributed by atoms with Crippen molar-refractivity contribution in [1.29, 1.82) is 0 Å². The van der Waals surface area contributed by atoms with E-state index in [0.29, 0.717) is 12.3 Å². The molecule has 0 bridgehead atoms. The number of hydrogen-bond acceptors (Lipinski definition) is 3. The van der Waals surface area contributed by atoms with Gasteiger partial charge in [0.25, 0.3) is 0 Å². The summed E-state index contributed by atoms with van der Waals surface area (Å²) in [5.74, 6) is 1.87. The van der Waals surface area contributed by atoms with Crippen LogP contribution < -0.4 is 4.74 Å². The minimum Gasteiger partial charge on any atom is -0.493 e. The van der Waals surface area contributed by atoms with Crippen LogP contribution >= 0.6 is 0 Å². The van der Waals surface area contributed by atoms with Crippen molar-refractivity contribution >= 4 is 5.91 Å². The summed E-state index contributed by atoms with van der Waals surface area (Å²) in [5.41, 5.74) is 1.19. The van der Waals surface area contributed by atoms with Crippen LogP contribution in [0.2, 0.25) is 0 Å². The number of carbonyl (C=O) groups is 1. The second-order valence-corrected chi connectivity index (χ2v) is 6.41. The Labute approximate surface area is 134 Å². The normalized spacial score (nSPS) is 18.8. The molecule has 1 unspecified atom stereocenters. The van der Waals surface area contributed by atoms with Crippen LogP contribution in [0.4, 0.5) is 0 Å². The van der Waals surface area contributed by atoms with E-state index in [4.69, 9.17) is 4.74 Å². The van der Waals surface area contributed by atoms with Crippen LogP contribution in [0.25, 0.3) is 0 Å². The van der Waals surface area contributed by atoms with E-state index in [2.05, 4.69) is 24.9 Å². The van der Waals surface area contributed by atoms with E-state index >= 15 is 0 Å². The first-order chi connectivity index (χ1) is 10.6. The monoisotopic (exact) mass is 304 g/mol. The lowest BCUT2D eigenvalue weighted by Gasteiger charge is -2.32. The molecule has 1 aromatic rings. The topological polar surface area (TPSA) is 32.8 Å². The molecular weight excluding hydrogens is 276 g/mol. The lowest BCUT2D eigenvalue weighted by molar-refractivity contribution is -0.133. The number of ether oxygens (including phenoxy) is 1. The molecular formula is C18H28N2O2. The van der Waals surface area contributed by atoms with Gasteiger partial charge in [0.1, 0.15) is 5.75 Å². The van der Waals surface area contributed by atoms with Crippen LogP contribution in [0.3, 0.4) is 0 Å². The van der Waals surface area contributed by atoms with Crippen LogP contribution in [0.1, 0.15) is 24.8 Å². The Balaban J connectivity index is 1.63. The number of benzene rings is 1. The number of piperidine rings is 1. The Kier molecular flexibility index (Phi) is 6.25. The maximum Gasteiger partial charge on any atom is 0.222 e. The van der Waals surface area contributed by atoms with Gasteiger partial charge in [-0.25, -0.2) is 0 Å². The van der Waals surface area contributed by atoms with Crippen molar-refractivity contribution < 1.29 is 9.53 Å². The summed E-state index contributed by atoms with van der Waals surface area (Å²) < 4.78 is 5.83. The Morgan fingerprint density at radius 1 is 1.36 bits per heavy atom. The number of hydrogen-bond donors (Lipinski definition) is 0. The highest BCUT2D eigenvalue weighted by Crippen LogP contribution is 2.18. The number of aryl methyl sites for hydroxylation is 1. The van der Waals surface area contributed by atoms with Crippen molar-refractivity contribution in [2.24, 2.45) is 5.92 Å². The Hall–Kier alpha value is -1.55. The van der Waals surface area contributed by atoms with E-state index in [-0.39, 0.29) is 5.91 Å². The van der Waals surface area contributed by atoms with Gasteiger partial charge < -0.3 is 14.5 Å². The van der Waals surface area contributed by atoms with Crippen molar-refractivity contribution in [1.82, 2.24) is 9.80 Å². The number of carbonyl (C=O) groups excluding carboxylic acids is 1. The van der Waals surface area contributed by atoms with Gasteiger partial charge in [0.15, 0.2) is 0 Å². The van der Waals surface area contributed by atoms with E-state index in [1.165, 1.54) is 5.56 Å². The summed E-state index contributed by atoms with van der Waals surface area (Å²) in [4.78, 5) is 15.7. The predicted octanol–water partition coefficient (Wildman–Crippen LogP) is 2.56. The van der Waals surface area contributed by atoms with E-state index < -0.39 is 0 Å². The maximum absolute atomic E-state index is 11.5. The van der Waals surface area contributed by atoms with Gasteiger partial charge in [-0.2, -0.15) is 0 Å². The molecule has 0 aromatic heterocycles. The second-order valence-electron chi connectivity index (χ2n) is 6.41. The lowest BCUT2D eigenvalue weighted by Crippen LogP contribution is -2.41. The molecule has 1 fully saturated rings. The zero-order chi connectivity index (χ0) is 15.9. The van der Waals surface area contributed by atoms with Gasteiger partial charge in [-0.15, -0.1) is 0 Å². The largest absolute Gasteiger partial charge is 0.493 e. The van der Waals surface area contributed by atoms with Crippen LogP contribution in [0, 0.1) is 12.8 Å². The third-order valence-electron chi connectivity index (χ3n) is 4.33. The Morgan fingerprint density at radius 3 is 2.86 bits per heavy atom. The molecule has 4 heteroatoms. The van der Waals surface area contributed by atoms with Crippen molar-refractivity contribution in [3.63, 3.8) is 0 Å². The summed E-state index contributed by atoms with van der Waals surface area (Å²) >= 11 is 0. The van der Waals surface area contributed by atoms with E-state index in [0.717, 1.165) is 44.8 Å². The smallest absolute Gasteiger partial charge is 0.222 e. The van der Waals surface area contributed by atoms with Gasteiger partial charge in [-0.1, -0.05) is 18.2 Å². The van der Waals surface area contributed by atoms with Crippen LogP contribution in [0.15, 0.2) is 24.3 Å². The first-order valence-electron chi connectivity index (χ1n) is 8.17. The minimum atomic E-state index is 0.283. The number of para-hydroxylation sites is 1. The fourth-order valence-electron chi connectivity index (χ4n) is 3.01. The highest BCUT2D eigenvalue weighted by Gasteiger charge is 2.23. The van der Waals surface area contributed by atoms with Gasteiger partial charge >= 0.3 is 0 Å². The summed E-state index contributed by atoms with van der Waals surface area (Å²) in [6, 6.07) is 8.13. The van der Waals surface area contributed by atoms with Crippen molar-refractivity contribution in [2.75, 3.05) is 40.3 Å². The standard InChI is InChI=1S/C18H28N2O2/c1-15-7-4-5-8-17(15)22-12-6-11-19(2)13-16-9-10-18(21)20(3)14-16/h4-5,7-8,16H,6,9-14H2,1-3H3. The molecule has 22 heavy (non-hydrogen) atoms. The van der Waals surface area contributed by atoms with Gasteiger partial charge in [0.05, 0.1) is 6.61 Å². The summed E-state index contributed by atoms with van der Waals surface area (Å²) in [5, 5.41) is 0. The maximum atomic E-state index is 11.5. The Bertz CT molecular complexity index is 490. The van der Waals surface area contributed by atoms with Crippen LogP contribution in [-0.4, -0.2) is 56.0 Å². The average molecular weight is 304 g/mol. The van der Waals surface area contributed by atoms with Gasteiger partial charge in [0.2, 0.25) is 5.91 Å². The van der Waals surface area contributed by atoms with Gasteiger partial charge in [0, 0.05) is 33.1 Å². The fourth-order valence-corrected chi connectivity index (χ4v) is 3.01. The molecule has 1 aliphatic rings. The van der Waals surface area contributed by atoms with Crippen molar-refractivity contribution in [3.8, 4) is 5.75 Å². The quantitative estimate of drug-likeness (QED) is 0.726. The summed E-state index contributed by atoms with van der Waals surface area (Å²) in [7, 11) is 4.06. The first kappa shape index (κ1) is 16.8. The summed E-state index contributed by atoms with van der Waals surface area (Å²) in [6.07, 6.45) is 2.74. The lowest BCUT2D eigenvalue weighted by atomic mass is 9.97. The SMILES string of the molecule is Cc1ccccc1OCCCN(C)CC1CCC(=O)N(C)C1. The molecule has 1 aliphatic heterocycles. The Morgan fingerprint density at radius 2 is 2.14 bits per heavy atom. The molecule has 122 valence electrons. The highest BCUT2D eigenvalue weighted by atomic mass is 16.5. The molecule has 0 spiro atoms. The molecule has 0 N–H and O–H groups in total. The molecule has 0 saturated carbocycles. The molecule has 1 aromatic carbocycles. The number of likely N-dealkylation sites (tertiary alicyclic amines) is 1. The summed E-state index contributed by atoms with van der Waals surface area (Å²) in [6.45, 7) is 5.80. The zero-order valence-electron chi connectivity index (χ0n) is 14.0. The average Bonchev–Trinajstić information content (AvgIpc) is 2.49. The highest BCUT2D eigenvalue weighted by molar-refractivity contribution is 5.76. The molecule has 0 aliphatic carbocycles. The van der Waals surface area contributed by atoms with Crippen LogP contribution in [0.5, 0.6) is 5.75 Å². The third kappa shape index (κ3) is 5.02. The molecule has 0 radical (unpaired) electrons. The number of nitrogens with zero attached hydrogens (tertiary/aromatic N) is 2. The third-order valence-corrected chi connectivity index (χ3v) is 4.33. The molecule has 1 heterocycles. The molecule has 1 amide bonds. The van der Waals surface area contributed by atoms with Crippen molar-refractivity contribution in [2.45, 2.75) is 26.2 Å². The number of amides is 1. The van der Waals surface area contributed by atoms with Gasteiger partial charge in [-0.3, -0.25) is 4.79 Å². The van der Waals surface area contributed by atoms with Crippen LogP contribution in [-0.2, 0) is 4.79 Å². The number of rotatable bonds is 7. The predicted molar refractivity (Wildman–Crippen MR) is 89.1 cm³/mol. The zero-order valence-corrected chi connectivity index (χ0v) is 14.0. The van der Waals surface area contributed by atoms with E-state index in [1.54, 1.807) is 0 Å². The van der Waals surface area contributed by atoms with E-state index in [1.807, 2.05) is 30.1 Å².